The molecular formula is C24H22BrFN2O4. The van der Waals surface area contributed by atoms with Crippen LogP contribution in [-0.4, -0.2) is 25.8 Å². The van der Waals surface area contributed by atoms with Crippen molar-refractivity contribution in [3.05, 3.63) is 87.6 Å². The van der Waals surface area contributed by atoms with Crippen molar-refractivity contribution in [1.29, 1.82) is 0 Å². The summed E-state index contributed by atoms with van der Waals surface area (Å²) in [5, 5.41) is 4.03. The lowest BCUT2D eigenvalue weighted by molar-refractivity contribution is 0.0952. The van der Waals surface area contributed by atoms with Gasteiger partial charge in [0, 0.05) is 4.47 Å². The minimum Gasteiger partial charge on any atom is -0.496 e. The van der Waals surface area contributed by atoms with Gasteiger partial charge in [0.2, 0.25) is 0 Å². The average molecular weight is 501 g/mol. The highest BCUT2D eigenvalue weighted by Crippen LogP contribution is 2.29. The molecule has 0 aliphatic rings. The van der Waals surface area contributed by atoms with Crippen LogP contribution in [0, 0.1) is 5.82 Å². The highest BCUT2D eigenvalue weighted by atomic mass is 79.9. The largest absolute Gasteiger partial charge is 0.496 e. The van der Waals surface area contributed by atoms with E-state index in [0.29, 0.717) is 35.0 Å². The van der Waals surface area contributed by atoms with Crippen LogP contribution in [0.4, 0.5) is 4.39 Å². The fraction of sp³-hybridized carbons (Fsp3) is 0.167. The van der Waals surface area contributed by atoms with Crippen LogP contribution in [-0.2, 0) is 6.61 Å². The highest BCUT2D eigenvalue weighted by Gasteiger charge is 2.12. The van der Waals surface area contributed by atoms with E-state index in [1.165, 1.54) is 25.5 Å². The van der Waals surface area contributed by atoms with Crippen molar-refractivity contribution >= 4 is 28.1 Å². The van der Waals surface area contributed by atoms with Crippen LogP contribution in [0.15, 0.2) is 70.2 Å². The molecule has 0 unspecified atom stereocenters. The summed E-state index contributed by atoms with van der Waals surface area (Å²) >= 11 is 3.34. The average Bonchev–Trinajstić information content (AvgIpc) is 2.79. The van der Waals surface area contributed by atoms with Gasteiger partial charge < -0.3 is 14.2 Å². The van der Waals surface area contributed by atoms with Gasteiger partial charge in [0.1, 0.15) is 18.2 Å². The third-order valence-corrected chi connectivity index (χ3v) is 4.85. The maximum absolute atomic E-state index is 13.1. The molecule has 166 valence electrons. The Bertz CT molecular complexity index is 1100. The Morgan fingerprint density at radius 3 is 2.50 bits per heavy atom. The summed E-state index contributed by atoms with van der Waals surface area (Å²) < 4.78 is 30.5. The fourth-order valence-electron chi connectivity index (χ4n) is 2.82. The van der Waals surface area contributed by atoms with Gasteiger partial charge in [-0.3, -0.25) is 4.79 Å². The number of hydrogen-bond acceptors (Lipinski definition) is 5. The lowest BCUT2D eigenvalue weighted by Crippen LogP contribution is -2.18. The van der Waals surface area contributed by atoms with E-state index < -0.39 is 5.91 Å². The van der Waals surface area contributed by atoms with Crippen molar-refractivity contribution in [3.63, 3.8) is 0 Å². The molecule has 0 bridgehead atoms. The highest BCUT2D eigenvalue weighted by molar-refractivity contribution is 9.10. The van der Waals surface area contributed by atoms with Crippen molar-refractivity contribution in [2.75, 3.05) is 13.7 Å². The van der Waals surface area contributed by atoms with E-state index in [9.17, 15) is 9.18 Å². The maximum atomic E-state index is 13.1. The molecule has 3 aromatic rings. The molecular weight excluding hydrogens is 479 g/mol. The van der Waals surface area contributed by atoms with E-state index in [0.717, 1.165) is 10.0 Å². The van der Waals surface area contributed by atoms with Crippen LogP contribution < -0.4 is 19.6 Å². The molecule has 6 nitrogen and oxygen atoms in total. The van der Waals surface area contributed by atoms with Crippen LogP contribution in [0.5, 0.6) is 17.2 Å². The molecule has 0 heterocycles. The Morgan fingerprint density at radius 1 is 1.03 bits per heavy atom. The van der Waals surface area contributed by atoms with E-state index in [4.69, 9.17) is 14.2 Å². The van der Waals surface area contributed by atoms with Gasteiger partial charge in [0.05, 0.1) is 25.5 Å². The molecule has 0 radical (unpaired) electrons. The van der Waals surface area contributed by atoms with Crippen LogP contribution in [0.1, 0.15) is 28.4 Å². The first-order valence-corrected chi connectivity index (χ1v) is 10.6. The molecule has 1 N–H and O–H groups in total. The summed E-state index contributed by atoms with van der Waals surface area (Å²) in [4.78, 5) is 12.4. The third kappa shape index (κ3) is 6.31. The van der Waals surface area contributed by atoms with Gasteiger partial charge >= 0.3 is 0 Å². The molecule has 3 aromatic carbocycles. The number of hydrazone groups is 1. The van der Waals surface area contributed by atoms with Gasteiger partial charge in [0.25, 0.3) is 5.91 Å². The second-order valence-corrected chi connectivity index (χ2v) is 7.51. The number of carbonyl (C=O) groups is 1. The lowest BCUT2D eigenvalue weighted by atomic mass is 10.2. The zero-order valence-electron chi connectivity index (χ0n) is 17.6. The van der Waals surface area contributed by atoms with Gasteiger partial charge in [-0.25, -0.2) is 9.82 Å². The Hall–Kier alpha value is -3.39. The number of nitrogens with zero attached hydrogens (tertiary/aromatic N) is 1. The molecule has 0 spiro atoms. The Labute approximate surface area is 194 Å². The summed E-state index contributed by atoms with van der Waals surface area (Å²) in [7, 11) is 1.50. The van der Waals surface area contributed by atoms with Crippen molar-refractivity contribution in [2.24, 2.45) is 5.10 Å². The van der Waals surface area contributed by atoms with Crippen molar-refractivity contribution in [2.45, 2.75) is 13.5 Å². The zero-order valence-corrected chi connectivity index (χ0v) is 19.2. The molecule has 1 amide bonds. The molecule has 0 aromatic heterocycles. The van der Waals surface area contributed by atoms with Crippen molar-refractivity contribution in [3.8, 4) is 17.2 Å². The quantitative estimate of drug-likeness (QED) is 0.318. The number of halogens is 2. The summed E-state index contributed by atoms with van der Waals surface area (Å²) in [6.07, 6.45) is 1.51. The molecule has 32 heavy (non-hydrogen) atoms. The summed E-state index contributed by atoms with van der Waals surface area (Å²) in [5.74, 6) is 0.846. The smallest absolute Gasteiger partial charge is 0.275 e. The Morgan fingerprint density at radius 2 is 1.78 bits per heavy atom. The summed E-state index contributed by atoms with van der Waals surface area (Å²) in [5.41, 5.74) is 4.40. The number of hydrogen-bond donors (Lipinski definition) is 1. The summed E-state index contributed by atoms with van der Waals surface area (Å²) in [6.45, 7) is 2.60. The van der Waals surface area contributed by atoms with Crippen LogP contribution in [0.2, 0.25) is 0 Å². The number of amides is 1. The number of carbonyl (C=O) groups excluding carboxylic acids is 1. The summed E-state index contributed by atoms with van der Waals surface area (Å²) in [6, 6.07) is 16.6. The second-order valence-electron chi connectivity index (χ2n) is 6.60. The molecule has 3 rings (SSSR count). The van der Waals surface area contributed by atoms with E-state index in [2.05, 4.69) is 26.5 Å². The maximum Gasteiger partial charge on any atom is 0.275 e. The van der Waals surface area contributed by atoms with Gasteiger partial charge in [-0.15, -0.1) is 0 Å². The number of nitrogens with one attached hydrogen (secondary N) is 1. The predicted molar refractivity (Wildman–Crippen MR) is 124 cm³/mol. The van der Waals surface area contributed by atoms with Crippen LogP contribution in [0.25, 0.3) is 0 Å². The van der Waals surface area contributed by atoms with Crippen LogP contribution >= 0.6 is 15.9 Å². The third-order valence-electron chi connectivity index (χ3n) is 4.36. The van der Waals surface area contributed by atoms with Gasteiger partial charge in [-0.1, -0.05) is 28.1 Å². The Balaban J connectivity index is 1.68. The van der Waals surface area contributed by atoms with Gasteiger partial charge in [0.15, 0.2) is 11.5 Å². The molecule has 0 atom stereocenters. The minimum absolute atomic E-state index is 0.276. The van der Waals surface area contributed by atoms with E-state index in [1.807, 2.05) is 6.92 Å². The van der Waals surface area contributed by atoms with Crippen LogP contribution in [0.3, 0.4) is 0 Å². The first kappa shape index (κ1) is 23.3. The normalized spacial score (nSPS) is 10.8. The first-order valence-electron chi connectivity index (χ1n) is 9.81. The monoisotopic (exact) mass is 500 g/mol. The number of methoxy groups -OCH3 is 1. The molecule has 0 saturated heterocycles. The number of benzene rings is 3. The lowest BCUT2D eigenvalue weighted by Gasteiger charge is -2.12. The standard InChI is InChI=1S/C24H22BrFN2O4/c1-3-31-23-12-17(6-10-22(23)32-15-16-4-8-19(26)9-5-16)14-27-28-24(29)20-13-18(25)7-11-21(20)30-2/h4-14H,3,15H2,1-2H3,(H,28,29)/b27-14-. The molecule has 0 aliphatic heterocycles. The Kier molecular flexibility index (Phi) is 8.21. The fourth-order valence-corrected chi connectivity index (χ4v) is 3.18. The zero-order chi connectivity index (χ0) is 22.9. The van der Waals surface area contributed by atoms with Gasteiger partial charge in [-0.2, -0.15) is 5.10 Å². The molecule has 8 heteroatoms. The molecule has 0 fully saturated rings. The predicted octanol–water partition coefficient (Wildman–Crippen LogP) is 5.34. The van der Waals surface area contributed by atoms with Gasteiger partial charge in [-0.05, 0) is 66.6 Å². The number of rotatable bonds is 9. The van der Waals surface area contributed by atoms with E-state index in [1.54, 1.807) is 48.5 Å². The molecule has 0 saturated carbocycles. The second kappa shape index (κ2) is 11.3. The topological polar surface area (TPSA) is 69.2 Å². The SMILES string of the molecule is CCOc1cc(/C=N\NC(=O)c2cc(Br)ccc2OC)ccc1OCc1ccc(F)cc1. The minimum atomic E-state index is -0.399. The van der Waals surface area contributed by atoms with E-state index >= 15 is 0 Å². The molecule has 0 aliphatic carbocycles. The van der Waals surface area contributed by atoms with E-state index in [-0.39, 0.29) is 12.4 Å². The first-order chi connectivity index (χ1) is 15.5. The van der Waals surface area contributed by atoms with Crippen molar-refractivity contribution < 1.29 is 23.4 Å². The van der Waals surface area contributed by atoms with Crippen molar-refractivity contribution in [1.82, 2.24) is 5.43 Å². The number of ether oxygens (including phenoxy) is 3.